The number of pyridine rings is 1. The molecule has 2 aromatic rings. The maximum atomic E-state index is 5.76. The number of nitrogen functional groups attached to an aromatic ring is 1. The Morgan fingerprint density at radius 3 is 2.59 bits per heavy atom. The summed E-state index contributed by atoms with van der Waals surface area (Å²) in [7, 11) is 0. The van der Waals surface area contributed by atoms with Crippen LogP contribution < -0.4 is 10.5 Å². The summed E-state index contributed by atoms with van der Waals surface area (Å²) in [6.45, 7) is 6.03. The average Bonchev–Trinajstić information content (AvgIpc) is 2.30. The fourth-order valence-corrected chi connectivity index (χ4v) is 1.54. The third-order valence-corrected chi connectivity index (χ3v) is 2.90. The number of aryl methyl sites for hydroxylation is 2. The van der Waals surface area contributed by atoms with Gasteiger partial charge in [-0.05, 0) is 43.5 Å². The van der Waals surface area contributed by atoms with Gasteiger partial charge in [-0.3, -0.25) is 0 Å². The largest absolute Gasteiger partial charge is 0.439 e. The second-order valence-corrected chi connectivity index (χ2v) is 4.18. The SMILES string of the molecule is Cc1cc(Oc2cccc(C)c2C)ncc1N. The van der Waals surface area contributed by atoms with Gasteiger partial charge in [-0.2, -0.15) is 0 Å². The van der Waals surface area contributed by atoms with Gasteiger partial charge in [0.2, 0.25) is 5.88 Å². The molecule has 0 aliphatic heterocycles. The molecule has 0 unspecified atom stereocenters. The highest BCUT2D eigenvalue weighted by Gasteiger charge is 2.05. The van der Waals surface area contributed by atoms with Crippen LogP contribution in [0.3, 0.4) is 0 Å². The zero-order valence-corrected chi connectivity index (χ0v) is 10.3. The van der Waals surface area contributed by atoms with Crippen LogP contribution in [0.15, 0.2) is 30.5 Å². The molecule has 0 amide bonds. The molecule has 0 spiro atoms. The molecule has 3 nitrogen and oxygen atoms in total. The highest BCUT2D eigenvalue weighted by Crippen LogP contribution is 2.26. The van der Waals surface area contributed by atoms with Crippen molar-refractivity contribution in [2.24, 2.45) is 0 Å². The highest BCUT2D eigenvalue weighted by atomic mass is 16.5. The van der Waals surface area contributed by atoms with Crippen molar-refractivity contribution in [2.75, 3.05) is 5.73 Å². The molecule has 0 atom stereocenters. The average molecular weight is 228 g/mol. The van der Waals surface area contributed by atoms with Crippen LogP contribution >= 0.6 is 0 Å². The fraction of sp³-hybridized carbons (Fsp3) is 0.214. The van der Waals surface area contributed by atoms with Crippen molar-refractivity contribution in [3.63, 3.8) is 0 Å². The number of ether oxygens (including phenoxy) is 1. The van der Waals surface area contributed by atoms with Gasteiger partial charge in [0.1, 0.15) is 5.75 Å². The normalized spacial score (nSPS) is 10.3. The monoisotopic (exact) mass is 228 g/mol. The Balaban J connectivity index is 2.31. The molecule has 0 saturated carbocycles. The topological polar surface area (TPSA) is 48.1 Å². The lowest BCUT2D eigenvalue weighted by molar-refractivity contribution is 0.459. The van der Waals surface area contributed by atoms with Crippen LogP contribution in [0.5, 0.6) is 11.6 Å². The van der Waals surface area contributed by atoms with Crippen molar-refractivity contribution in [1.82, 2.24) is 4.98 Å². The summed E-state index contributed by atoms with van der Waals surface area (Å²) >= 11 is 0. The molecule has 1 aromatic carbocycles. The summed E-state index contributed by atoms with van der Waals surface area (Å²) in [4.78, 5) is 4.16. The standard InChI is InChI=1S/C14H16N2O/c1-9-5-4-6-13(11(9)3)17-14-7-10(2)12(15)8-16-14/h4-8H,15H2,1-3H3. The van der Waals surface area contributed by atoms with Gasteiger partial charge in [0.15, 0.2) is 0 Å². The van der Waals surface area contributed by atoms with Gasteiger partial charge < -0.3 is 10.5 Å². The van der Waals surface area contributed by atoms with E-state index in [4.69, 9.17) is 10.5 Å². The number of rotatable bonds is 2. The summed E-state index contributed by atoms with van der Waals surface area (Å²) in [5.41, 5.74) is 9.70. The van der Waals surface area contributed by atoms with Crippen molar-refractivity contribution >= 4 is 5.69 Å². The lowest BCUT2D eigenvalue weighted by atomic mass is 10.1. The van der Waals surface area contributed by atoms with Crippen molar-refractivity contribution in [2.45, 2.75) is 20.8 Å². The quantitative estimate of drug-likeness (QED) is 0.857. The Morgan fingerprint density at radius 2 is 1.88 bits per heavy atom. The molecule has 17 heavy (non-hydrogen) atoms. The number of hydrogen-bond acceptors (Lipinski definition) is 3. The van der Waals surface area contributed by atoms with Crippen LogP contribution in [0.4, 0.5) is 5.69 Å². The van der Waals surface area contributed by atoms with Gasteiger partial charge in [0, 0.05) is 6.07 Å². The van der Waals surface area contributed by atoms with Crippen LogP contribution in [-0.2, 0) is 0 Å². The highest BCUT2D eigenvalue weighted by molar-refractivity contribution is 5.47. The molecule has 1 heterocycles. The predicted octanol–water partition coefficient (Wildman–Crippen LogP) is 3.38. The van der Waals surface area contributed by atoms with Crippen LogP contribution in [-0.4, -0.2) is 4.98 Å². The van der Waals surface area contributed by atoms with E-state index in [9.17, 15) is 0 Å². The molecule has 3 heteroatoms. The van der Waals surface area contributed by atoms with Crippen LogP contribution in [0, 0.1) is 20.8 Å². The molecule has 88 valence electrons. The second-order valence-electron chi connectivity index (χ2n) is 4.18. The summed E-state index contributed by atoms with van der Waals surface area (Å²) < 4.78 is 5.76. The number of aromatic nitrogens is 1. The minimum absolute atomic E-state index is 0.574. The van der Waals surface area contributed by atoms with E-state index in [-0.39, 0.29) is 0 Å². The summed E-state index contributed by atoms with van der Waals surface area (Å²) in [5, 5.41) is 0. The first-order valence-electron chi connectivity index (χ1n) is 5.54. The third-order valence-electron chi connectivity index (χ3n) is 2.90. The third kappa shape index (κ3) is 2.38. The van der Waals surface area contributed by atoms with Gasteiger partial charge in [-0.25, -0.2) is 4.98 Å². The van der Waals surface area contributed by atoms with Crippen molar-refractivity contribution in [3.8, 4) is 11.6 Å². The van der Waals surface area contributed by atoms with Crippen molar-refractivity contribution < 1.29 is 4.74 Å². The zero-order chi connectivity index (χ0) is 12.4. The molecule has 0 saturated heterocycles. The number of anilines is 1. The van der Waals surface area contributed by atoms with Crippen LogP contribution in [0.2, 0.25) is 0 Å². The first-order chi connectivity index (χ1) is 8.08. The molecule has 2 rings (SSSR count). The second kappa shape index (κ2) is 4.45. The molecule has 0 radical (unpaired) electrons. The molecule has 0 aliphatic rings. The molecule has 0 fully saturated rings. The van der Waals surface area contributed by atoms with E-state index < -0.39 is 0 Å². The number of benzene rings is 1. The van der Waals surface area contributed by atoms with Crippen molar-refractivity contribution in [3.05, 3.63) is 47.2 Å². The van der Waals surface area contributed by atoms with E-state index in [1.807, 2.05) is 32.0 Å². The summed E-state index contributed by atoms with van der Waals surface area (Å²) in [6.07, 6.45) is 1.62. The molecule has 2 N–H and O–H groups in total. The van der Waals surface area contributed by atoms with E-state index in [1.54, 1.807) is 6.20 Å². The van der Waals surface area contributed by atoms with E-state index in [0.29, 0.717) is 11.6 Å². The van der Waals surface area contributed by atoms with Crippen LogP contribution in [0.1, 0.15) is 16.7 Å². The first-order valence-corrected chi connectivity index (χ1v) is 5.54. The molecular weight excluding hydrogens is 212 g/mol. The summed E-state index contributed by atoms with van der Waals surface area (Å²) in [6, 6.07) is 7.82. The van der Waals surface area contributed by atoms with Gasteiger partial charge in [0.05, 0.1) is 11.9 Å². The Kier molecular flexibility index (Phi) is 3.00. The lowest BCUT2D eigenvalue weighted by Gasteiger charge is -2.10. The molecule has 0 aliphatic carbocycles. The Hall–Kier alpha value is -2.03. The molecule has 1 aromatic heterocycles. The number of nitrogens with two attached hydrogens (primary N) is 1. The first kappa shape index (κ1) is 11.5. The summed E-state index contributed by atoms with van der Waals surface area (Å²) in [5.74, 6) is 1.41. The maximum Gasteiger partial charge on any atom is 0.219 e. The van der Waals surface area contributed by atoms with E-state index in [0.717, 1.165) is 16.9 Å². The molecule has 0 bridgehead atoms. The lowest BCUT2D eigenvalue weighted by Crippen LogP contribution is -1.95. The Morgan fingerprint density at radius 1 is 1.12 bits per heavy atom. The Bertz CT molecular complexity index is 550. The smallest absolute Gasteiger partial charge is 0.219 e. The van der Waals surface area contributed by atoms with Crippen LogP contribution in [0.25, 0.3) is 0 Å². The number of nitrogens with zero attached hydrogens (tertiary/aromatic N) is 1. The fourth-order valence-electron chi connectivity index (χ4n) is 1.54. The Labute approximate surface area is 101 Å². The van der Waals surface area contributed by atoms with Crippen molar-refractivity contribution in [1.29, 1.82) is 0 Å². The number of hydrogen-bond donors (Lipinski definition) is 1. The predicted molar refractivity (Wildman–Crippen MR) is 69.4 cm³/mol. The van der Waals surface area contributed by atoms with E-state index in [1.165, 1.54) is 5.56 Å². The minimum Gasteiger partial charge on any atom is -0.439 e. The van der Waals surface area contributed by atoms with Gasteiger partial charge in [-0.1, -0.05) is 12.1 Å². The van der Waals surface area contributed by atoms with E-state index >= 15 is 0 Å². The van der Waals surface area contributed by atoms with Gasteiger partial charge in [0.25, 0.3) is 0 Å². The van der Waals surface area contributed by atoms with Gasteiger partial charge in [-0.15, -0.1) is 0 Å². The maximum absolute atomic E-state index is 5.76. The minimum atomic E-state index is 0.574. The zero-order valence-electron chi connectivity index (χ0n) is 10.3. The van der Waals surface area contributed by atoms with E-state index in [2.05, 4.69) is 18.0 Å². The molecular formula is C14H16N2O. The van der Waals surface area contributed by atoms with Gasteiger partial charge >= 0.3 is 0 Å².